The van der Waals surface area contributed by atoms with E-state index >= 15 is 0 Å². The molecule has 0 radical (unpaired) electrons. The van der Waals surface area contributed by atoms with Gasteiger partial charge in [0.15, 0.2) is 11.5 Å². The van der Waals surface area contributed by atoms with Gasteiger partial charge in [0.1, 0.15) is 5.78 Å². The largest absolute Gasteiger partial charge is 0.454 e. The van der Waals surface area contributed by atoms with Crippen LogP contribution in [0.15, 0.2) is 65.6 Å². The third kappa shape index (κ3) is 3.99. The van der Waals surface area contributed by atoms with E-state index in [-0.39, 0.29) is 18.9 Å². The van der Waals surface area contributed by atoms with Gasteiger partial charge in [-0.2, -0.15) is 0 Å². The highest BCUT2D eigenvalue weighted by Crippen LogP contribution is 2.51. The zero-order valence-electron chi connectivity index (χ0n) is 19.3. The lowest BCUT2D eigenvalue weighted by atomic mass is 9.86. The zero-order chi connectivity index (χ0) is 23.9. The fraction of sp³-hybridized carbons (Fsp3) is 0.296. The number of carbonyl (C=O) groups excluding carboxylic acids is 1. The van der Waals surface area contributed by atoms with Crippen molar-refractivity contribution < 1.29 is 24.1 Å². The summed E-state index contributed by atoms with van der Waals surface area (Å²) in [5, 5.41) is 0. The van der Waals surface area contributed by atoms with Gasteiger partial charge in [-0.25, -0.2) is 13.1 Å². The van der Waals surface area contributed by atoms with Crippen molar-refractivity contribution in [1.29, 1.82) is 0 Å². The number of rotatable bonds is 8. The molecule has 1 N–H and O–H groups in total. The lowest BCUT2D eigenvalue weighted by molar-refractivity contribution is -0.120. The number of Topliss-reactive ketones (excluding diaryl/α,β-unsaturated/α-hetero) is 1. The molecule has 0 aromatic heterocycles. The van der Waals surface area contributed by atoms with Crippen molar-refractivity contribution in [2.45, 2.75) is 42.9 Å². The standard InChI is InChI=1S/C27H27NO5S.H2/c1-3-19-5-4-18(14-23(19)20-6-9-22(10-7-20)34(30,31)28-2)15-26(29)27(12-13-27)21-8-11-24-25(16-21)33-17-32-24;/h4-11,14,16,28H,3,12-13,15,17H2,1-2H3;1H. The topological polar surface area (TPSA) is 81.7 Å². The van der Waals surface area contributed by atoms with Crippen molar-refractivity contribution in [2.75, 3.05) is 13.8 Å². The van der Waals surface area contributed by atoms with Gasteiger partial charge in [0, 0.05) is 7.85 Å². The maximum Gasteiger partial charge on any atom is 0.240 e. The Bertz CT molecular complexity index is 1360. The highest BCUT2D eigenvalue weighted by Gasteiger charge is 2.50. The average Bonchev–Trinajstić information content (AvgIpc) is 3.55. The van der Waals surface area contributed by atoms with Crippen molar-refractivity contribution in [3.63, 3.8) is 0 Å². The summed E-state index contributed by atoms with van der Waals surface area (Å²) in [5.41, 5.74) is 4.60. The maximum absolute atomic E-state index is 13.4. The third-order valence-corrected chi connectivity index (χ3v) is 8.30. The van der Waals surface area contributed by atoms with Crippen molar-refractivity contribution in [2.24, 2.45) is 0 Å². The van der Waals surface area contributed by atoms with E-state index in [1.807, 2.05) is 36.4 Å². The Hall–Kier alpha value is -3.16. The molecule has 1 aliphatic carbocycles. The quantitative estimate of drug-likeness (QED) is 0.509. The second-order valence-corrected chi connectivity index (χ2v) is 10.7. The molecular weight excluding hydrogens is 450 g/mol. The van der Waals surface area contributed by atoms with Gasteiger partial charge < -0.3 is 9.47 Å². The molecule has 3 aromatic rings. The van der Waals surface area contributed by atoms with Gasteiger partial charge in [-0.1, -0.05) is 43.3 Å². The molecule has 0 amide bonds. The summed E-state index contributed by atoms with van der Waals surface area (Å²) in [6.07, 6.45) is 2.86. The first-order valence-corrected chi connectivity index (χ1v) is 12.9. The van der Waals surface area contributed by atoms with Gasteiger partial charge in [0.2, 0.25) is 16.8 Å². The molecule has 1 aliphatic heterocycles. The Labute approximate surface area is 201 Å². The number of nitrogens with one attached hydrogen (secondary N) is 1. The molecule has 5 rings (SSSR count). The van der Waals surface area contributed by atoms with Gasteiger partial charge >= 0.3 is 0 Å². The lowest BCUT2D eigenvalue weighted by Crippen LogP contribution is -2.22. The van der Waals surface area contributed by atoms with Crippen LogP contribution in [0, 0.1) is 0 Å². The number of sulfonamides is 1. The summed E-state index contributed by atoms with van der Waals surface area (Å²) < 4.78 is 37.4. The highest BCUT2D eigenvalue weighted by atomic mass is 32.2. The molecule has 1 fully saturated rings. The van der Waals surface area contributed by atoms with Crippen LogP contribution in [0.1, 0.15) is 37.9 Å². The van der Waals surface area contributed by atoms with E-state index in [4.69, 9.17) is 9.47 Å². The van der Waals surface area contributed by atoms with E-state index < -0.39 is 15.4 Å². The monoisotopic (exact) mass is 479 g/mol. The molecule has 34 heavy (non-hydrogen) atoms. The summed E-state index contributed by atoms with van der Waals surface area (Å²) >= 11 is 0. The first kappa shape index (κ1) is 22.6. The first-order chi connectivity index (χ1) is 16.4. The maximum atomic E-state index is 13.4. The predicted molar refractivity (Wildman–Crippen MR) is 132 cm³/mol. The second-order valence-electron chi connectivity index (χ2n) is 8.83. The SMILES string of the molecule is CCc1ccc(CC(=O)C2(c3ccc4c(c3)OCO4)CC2)cc1-c1ccc(S(=O)(=O)NC)cc1.[HH]. The number of aryl methyl sites for hydroxylation is 1. The Kier molecular flexibility index (Phi) is 5.70. The highest BCUT2D eigenvalue weighted by molar-refractivity contribution is 7.89. The van der Waals surface area contributed by atoms with E-state index in [1.165, 1.54) is 7.05 Å². The lowest BCUT2D eigenvalue weighted by Gasteiger charge is -2.16. The van der Waals surface area contributed by atoms with Gasteiger partial charge in [-0.3, -0.25) is 4.79 Å². The van der Waals surface area contributed by atoms with Crippen LogP contribution in [0.3, 0.4) is 0 Å². The van der Waals surface area contributed by atoms with E-state index in [0.717, 1.165) is 52.8 Å². The molecule has 1 saturated carbocycles. The zero-order valence-corrected chi connectivity index (χ0v) is 20.1. The van der Waals surface area contributed by atoms with Gasteiger partial charge in [-0.05, 0) is 78.4 Å². The number of benzene rings is 3. The smallest absolute Gasteiger partial charge is 0.240 e. The Balaban J connectivity index is 0.00000289. The molecule has 0 unspecified atom stereocenters. The molecular formula is C27H29NO5S. The predicted octanol–water partition coefficient (Wildman–Crippen LogP) is 4.64. The number of fused-ring (bicyclic) bond motifs is 1. The number of carbonyl (C=O) groups is 1. The Morgan fingerprint density at radius 1 is 1.00 bits per heavy atom. The normalized spacial score (nSPS) is 15.8. The van der Waals surface area contributed by atoms with Crippen LogP contribution in [0.5, 0.6) is 11.5 Å². The van der Waals surface area contributed by atoms with Crippen molar-refractivity contribution in [3.05, 3.63) is 77.4 Å². The van der Waals surface area contributed by atoms with Gasteiger partial charge in [-0.15, -0.1) is 0 Å². The van der Waals surface area contributed by atoms with Gasteiger partial charge in [0.05, 0.1) is 10.3 Å². The molecule has 0 saturated heterocycles. The van der Waals surface area contributed by atoms with Crippen LogP contribution in [0.25, 0.3) is 11.1 Å². The van der Waals surface area contributed by atoms with Crippen molar-refractivity contribution >= 4 is 15.8 Å². The minimum absolute atomic E-state index is 0. The summed E-state index contributed by atoms with van der Waals surface area (Å²) in [6.45, 7) is 2.30. The minimum Gasteiger partial charge on any atom is -0.454 e. The van der Waals surface area contributed by atoms with Crippen molar-refractivity contribution in [3.8, 4) is 22.6 Å². The molecule has 2 aliphatic rings. The number of hydrogen-bond acceptors (Lipinski definition) is 5. The molecule has 0 spiro atoms. The molecule has 1 heterocycles. The molecule has 7 heteroatoms. The van der Waals surface area contributed by atoms with Crippen molar-refractivity contribution in [1.82, 2.24) is 4.72 Å². The fourth-order valence-electron chi connectivity index (χ4n) is 4.64. The summed E-state index contributed by atoms with van der Waals surface area (Å²) in [4.78, 5) is 13.7. The van der Waals surface area contributed by atoms with Crippen LogP contribution in [0.2, 0.25) is 0 Å². The van der Waals surface area contributed by atoms with Crippen LogP contribution in [-0.4, -0.2) is 28.0 Å². The third-order valence-electron chi connectivity index (χ3n) is 6.87. The molecule has 3 aromatic carbocycles. The minimum atomic E-state index is -3.49. The summed E-state index contributed by atoms with van der Waals surface area (Å²) in [7, 11) is -2.09. The molecule has 0 bridgehead atoms. The van der Waals surface area contributed by atoms with E-state index in [9.17, 15) is 13.2 Å². The molecule has 0 atom stereocenters. The molecule has 6 nitrogen and oxygen atoms in total. The Morgan fingerprint density at radius 2 is 1.74 bits per heavy atom. The number of ketones is 1. The second kappa shape index (κ2) is 8.56. The number of hydrogen-bond donors (Lipinski definition) is 1. The first-order valence-electron chi connectivity index (χ1n) is 11.5. The van der Waals surface area contributed by atoms with Crippen LogP contribution in [-0.2, 0) is 33.1 Å². The van der Waals surface area contributed by atoms with E-state index in [1.54, 1.807) is 12.1 Å². The summed E-state index contributed by atoms with van der Waals surface area (Å²) in [6, 6.07) is 18.8. The van der Waals surface area contributed by atoms with Crippen LogP contribution in [0.4, 0.5) is 0 Å². The van der Waals surface area contributed by atoms with Crippen LogP contribution >= 0.6 is 0 Å². The number of ether oxygens (including phenoxy) is 2. The molecule has 178 valence electrons. The van der Waals surface area contributed by atoms with Gasteiger partial charge in [0.25, 0.3) is 0 Å². The van der Waals surface area contributed by atoms with E-state index in [2.05, 4.69) is 23.8 Å². The summed E-state index contributed by atoms with van der Waals surface area (Å²) in [5.74, 6) is 1.63. The Morgan fingerprint density at radius 3 is 2.41 bits per heavy atom. The fourth-order valence-corrected chi connectivity index (χ4v) is 5.37. The van der Waals surface area contributed by atoms with Crippen LogP contribution < -0.4 is 14.2 Å². The van der Waals surface area contributed by atoms with E-state index in [0.29, 0.717) is 12.2 Å². The average molecular weight is 480 g/mol.